The standard InChI is InChI=1S/C15H20N4O/c1-19-9-5-4-6-11(19)10-20-15-14(16)17-12-7-2-3-8-13(12)18-15/h2-3,7-8,11H,4-6,9-10H2,1H3,(H2,16,17). The fourth-order valence-corrected chi connectivity index (χ4v) is 2.63. The zero-order chi connectivity index (χ0) is 13.9. The Morgan fingerprint density at radius 1 is 1.25 bits per heavy atom. The van der Waals surface area contributed by atoms with Crippen LogP contribution >= 0.6 is 0 Å². The zero-order valence-electron chi connectivity index (χ0n) is 11.7. The molecule has 1 unspecified atom stereocenters. The van der Waals surface area contributed by atoms with Crippen LogP contribution in [-0.4, -0.2) is 41.1 Å². The lowest BCUT2D eigenvalue weighted by atomic mass is 10.0. The molecule has 20 heavy (non-hydrogen) atoms. The Morgan fingerprint density at radius 2 is 2.00 bits per heavy atom. The molecule has 1 saturated heterocycles. The maximum Gasteiger partial charge on any atom is 0.257 e. The van der Waals surface area contributed by atoms with Gasteiger partial charge in [-0.3, -0.25) is 0 Å². The number of likely N-dealkylation sites (N-methyl/N-ethyl adjacent to an activating group) is 1. The molecule has 0 saturated carbocycles. The number of aromatic nitrogens is 2. The van der Waals surface area contributed by atoms with Crippen molar-refractivity contribution in [2.75, 3.05) is 25.9 Å². The van der Waals surface area contributed by atoms with Crippen molar-refractivity contribution in [3.8, 4) is 5.88 Å². The van der Waals surface area contributed by atoms with Crippen molar-refractivity contribution >= 4 is 16.9 Å². The van der Waals surface area contributed by atoms with E-state index in [9.17, 15) is 0 Å². The molecule has 2 N–H and O–H groups in total. The minimum atomic E-state index is 0.363. The van der Waals surface area contributed by atoms with E-state index < -0.39 is 0 Å². The molecule has 1 aromatic carbocycles. The first-order valence-corrected chi connectivity index (χ1v) is 7.09. The van der Waals surface area contributed by atoms with E-state index in [4.69, 9.17) is 10.5 Å². The molecule has 2 aromatic rings. The van der Waals surface area contributed by atoms with Crippen molar-refractivity contribution in [2.45, 2.75) is 25.3 Å². The predicted octanol–water partition coefficient (Wildman–Crippen LogP) is 2.08. The van der Waals surface area contributed by atoms with E-state index in [0.29, 0.717) is 24.3 Å². The van der Waals surface area contributed by atoms with Crippen LogP contribution in [-0.2, 0) is 0 Å². The second-order valence-electron chi connectivity index (χ2n) is 5.34. The third-order valence-corrected chi connectivity index (χ3v) is 3.90. The second kappa shape index (κ2) is 5.63. The van der Waals surface area contributed by atoms with Gasteiger partial charge >= 0.3 is 0 Å². The number of hydrogen-bond acceptors (Lipinski definition) is 5. The summed E-state index contributed by atoms with van der Waals surface area (Å²) >= 11 is 0. The van der Waals surface area contributed by atoms with Crippen LogP contribution in [0.4, 0.5) is 5.82 Å². The fraction of sp³-hybridized carbons (Fsp3) is 0.467. The van der Waals surface area contributed by atoms with Crippen LogP contribution in [0, 0.1) is 0 Å². The molecule has 5 heteroatoms. The minimum absolute atomic E-state index is 0.363. The van der Waals surface area contributed by atoms with Gasteiger partial charge in [0.2, 0.25) is 0 Å². The zero-order valence-corrected chi connectivity index (χ0v) is 11.7. The number of para-hydroxylation sites is 2. The number of piperidine rings is 1. The average molecular weight is 272 g/mol. The number of hydrogen-bond donors (Lipinski definition) is 1. The molecule has 1 aromatic heterocycles. The van der Waals surface area contributed by atoms with Gasteiger partial charge in [-0.2, -0.15) is 0 Å². The average Bonchev–Trinajstić information content (AvgIpc) is 2.46. The van der Waals surface area contributed by atoms with E-state index in [-0.39, 0.29) is 0 Å². The molecular weight excluding hydrogens is 252 g/mol. The third kappa shape index (κ3) is 2.67. The van der Waals surface area contributed by atoms with E-state index >= 15 is 0 Å². The lowest BCUT2D eigenvalue weighted by Gasteiger charge is -2.32. The number of nitrogens with two attached hydrogens (primary N) is 1. The van der Waals surface area contributed by atoms with Crippen molar-refractivity contribution in [2.24, 2.45) is 0 Å². The van der Waals surface area contributed by atoms with Crippen LogP contribution < -0.4 is 10.5 Å². The highest BCUT2D eigenvalue weighted by molar-refractivity contribution is 5.76. The molecule has 106 valence electrons. The summed E-state index contributed by atoms with van der Waals surface area (Å²) in [6.45, 7) is 1.75. The number of likely N-dealkylation sites (tertiary alicyclic amines) is 1. The molecule has 3 rings (SSSR count). The molecule has 1 atom stereocenters. The summed E-state index contributed by atoms with van der Waals surface area (Å²) in [6, 6.07) is 8.12. The number of anilines is 1. The normalized spacial score (nSPS) is 20.1. The Hall–Kier alpha value is -1.88. The van der Waals surface area contributed by atoms with Gasteiger partial charge in [0.15, 0.2) is 5.82 Å². The van der Waals surface area contributed by atoms with Crippen molar-refractivity contribution in [1.82, 2.24) is 14.9 Å². The summed E-state index contributed by atoms with van der Waals surface area (Å²) in [7, 11) is 2.14. The number of rotatable bonds is 3. The fourth-order valence-electron chi connectivity index (χ4n) is 2.63. The molecule has 0 radical (unpaired) electrons. The SMILES string of the molecule is CN1CCCCC1COc1nc2ccccc2nc1N. The summed E-state index contributed by atoms with van der Waals surface area (Å²) in [5.74, 6) is 0.810. The van der Waals surface area contributed by atoms with Crippen LogP contribution in [0.25, 0.3) is 11.0 Å². The molecule has 1 aliphatic rings. The lowest BCUT2D eigenvalue weighted by Crippen LogP contribution is -2.40. The quantitative estimate of drug-likeness (QED) is 0.926. The Morgan fingerprint density at radius 3 is 2.75 bits per heavy atom. The van der Waals surface area contributed by atoms with Crippen LogP contribution in [0.5, 0.6) is 5.88 Å². The maximum absolute atomic E-state index is 5.92. The Bertz CT molecular complexity index is 601. The smallest absolute Gasteiger partial charge is 0.257 e. The van der Waals surface area contributed by atoms with Crippen molar-refractivity contribution in [3.63, 3.8) is 0 Å². The first-order valence-electron chi connectivity index (χ1n) is 7.09. The third-order valence-electron chi connectivity index (χ3n) is 3.90. The summed E-state index contributed by atoms with van der Waals surface area (Å²) < 4.78 is 5.81. The number of fused-ring (bicyclic) bond motifs is 1. The van der Waals surface area contributed by atoms with E-state index in [1.165, 1.54) is 12.8 Å². The molecule has 0 amide bonds. The maximum atomic E-state index is 5.92. The highest BCUT2D eigenvalue weighted by Gasteiger charge is 2.20. The van der Waals surface area contributed by atoms with Gasteiger partial charge in [-0.25, -0.2) is 9.97 Å². The largest absolute Gasteiger partial charge is 0.473 e. The van der Waals surface area contributed by atoms with E-state index in [2.05, 4.69) is 21.9 Å². The van der Waals surface area contributed by atoms with Gasteiger partial charge in [-0.05, 0) is 38.6 Å². The Balaban J connectivity index is 1.75. The molecule has 0 aliphatic carbocycles. The molecule has 2 heterocycles. The monoisotopic (exact) mass is 272 g/mol. The van der Waals surface area contributed by atoms with Crippen LogP contribution in [0.1, 0.15) is 19.3 Å². The van der Waals surface area contributed by atoms with Crippen LogP contribution in [0.15, 0.2) is 24.3 Å². The second-order valence-corrected chi connectivity index (χ2v) is 5.34. The van der Waals surface area contributed by atoms with E-state index in [0.717, 1.165) is 24.0 Å². The van der Waals surface area contributed by atoms with Gasteiger partial charge in [-0.15, -0.1) is 0 Å². The summed E-state index contributed by atoms with van der Waals surface area (Å²) in [4.78, 5) is 11.1. The molecule has 1 fully saturated rings. The van der Waals surface area contributed by atoms with Crippen molar-refractivity contribution < 1.29 is 4.74 Å². The van der Waals surface area contributed by atoms with Crippen LogP contribution in [0.3, 0.4) is 0 Å². The number of nitrogen functional groups attached to an aromatic ring is 1. The van der Waals surface area contributed by atoms with Gasteiger partial charge in [0.05, 0.1) is 11.0 Å². The minimum Gasteiger partial charge on any atom is -0.473 e. The van der Waals surface area contributed by atoms with Gasteiger partial charge < -0.3 is 15.4 Å². The van der Waals surface area contributed by atoms with Gasteiger partial charge in [0.25, 0.3) is 5.88 Å². The molecule has 1 aliphatic heterocycles. The van der Waals surface area contributed by atoms with E-state index in [1.807, 2.05) is 24.3 Å². The first kappa shape index (κ1) is 13.1. The van der Waals surface area contributed by atoms with Crippen LogP contribution in [0.2, 0.25) is 0 Å². The summed E-state index contributed by atoms with van der Waals surface area (Å²) in [5, 5.41) is 0. The van der Waals surface area contributed by atoms with Crippen molar-refractivity contribution in [1.29, 1.82) is 0 Å². The summed E-state index contributed by atoms with van der Waals surface area (Å²) in [6.07, 6.45) is 3.69. The van der Waals surface area contributed by atoms with Gasteiger partial charge in [-0.1, -0.05) is 18.6 Å². The molecular formula is C15H20N4O. The van der Waals surface area contributed by atoms with Gasteiger partial charge in [0.1, 0.15) is 6.61 Å². The predicted molar refractivity (Wildman–Crippen MR) is 79.7 cm³/mol. The number of ether oxygens (including phenoxy) is 1. The van der Waals surface area contributed by atoms with Gasteiger partial charge in [0, 0.05) is 6.04 Å². The number of benzene rings is 1. The highest BCUT2D eigenvalue weighted by Crippen LogP contribution is 2.22. The highest BCUT2D eigenvalue weighted by atomic mass is 16.5. The Labute approximate surface area is 118 Å². The topological polar surface area (TPSA) is 64.3 Å². The molecule has 0 bridgehead atoms. The first-order chi connectivity index (χ1) is 9.74. The molecule has 5 nitrogen and oxygen atoms in total. The van der Waals surface area contributed by atoms with E-state index in [1.54, 1.807) is 0 Å². The lowest BCUT2D eigenvalue weighted by molar-refractivity contribution is 0.123. The Kier molecular flexibility index (Phi) is 3.69. The van der Waals surface area contributed by atoms with Crippen molar-refractivity contribution in [3.05, 3.63) is 24.3 Å². The number of nitrogens with zero attached hydrogens (tertiary/aromatic N) is 3. The molecule has 0 spiro atoms. The summed E-state index contributed by atoms with van der Waals surface area (Å²) in [5.41, 5.74) is 7.54.